The molecule has 0 spiro atoms. The zero-order valence-electron chi connectivity index (χ0n) is 19.4. The van der Waals surface area contributed by atoms with Gasteiger partial charge in [-0.15, -0.1) is 12.4 Å². The molecule has 1 aliphatic heterocycles. The molecule has 9 nitrogen and oxygen atoms in total. The van der Waals surface area contributed by atoms with Crippen molar-refractivity contribution in [3.8, 4) is 0 Å². The van der Waals surface area contributed by atoms with Gasteiger partial charge in [-0.3, -0.25) is 15.0 Å². The van der Waals surface area contributed by atoms with E-state index in [1.807, 2.05) is 54.3 Å². The van der Waals surface area contributed by atoms with Crippen molar-refractivity contribution in [2.45, 2.75) is 6.92 Å². The summed E-state index contributed by atoms with van der Waals surface area (Å²) in [6, 6.07) is 18.3. The summed E-state index contributed by atoms with van der Waals surface area (Å²) in [6.07, 6.45) is 0. The number of nitrogens with zero attached hydrogens (tertiary/aromatic N) is 2. The fraction of sp³-hybridized carbons (Fsp3) is 0.240. The summed E-state index contributed by atoms with van der Waals surface area (Å²) in [5, 5.41) is 7.51. The minimum atomic E-state index is -0.421. The predicted octanol–water partition coefficient (Wildman–Crippen LogP) is 2.97. The first-order valence-corrected chi connectivity index (χ1v) is 11.2. The molecule has 0 aliphatic carbocycles. The number of piperazine rings is 1. The highest BCUT2D eigenvalue weighted by molar-refractivity contribution is 6.07. The molecule has 10 heteroatoms. The zero-order chi connectivity index (χ0) is 24.1. The fourth-order valence-electron chi connectivity index (χ4n) is 4.18. The van der Waals surface area contributed by atoms with Crippen LogP contribution in [-0.2, 0) is 0 Å². The smallest absolute Gasteiger partial charge is 0.319 e. The molecule has 1 aliphatic rings. The lowest BCUT2D eigenvalue weighted by atomic mass is 10.0. The van der Waals surface area contributed by atoms with E-state index in [1.54, 1.807) is 18.2 Å². The Balaban J connectivity index is 0.00000342. The van der Waals surface area contributed by atoms with Crippen molar-refractivity contribution in [2.24, 2.45) is 5.84 Å². The highest BCUT2D eigenvalue weighted by Gasteiger charge is 2.25. The van der Waals surface area contributed by atoms with Gasteiger partial charge in [0.1, 0.15) is 0 Å². The molecule has 1 heterocycles. The molecule has 0 atom stereocenters. The Bertz CT molecular complexity index is 1220. The number of rotatable bonds is 5. The molecule has 0 aromatic heterocycles. The summed E-state index contributed by atoms with van der Waals surface area (Å²) in [6.45, 7) is 4.44. The van der Waals surface area contributed by atoms with Crippen molar-refractivity contribution in [3.63, 3.8) is 0 Å². The minimum Gasteiger partial charge on any atom is -0.366 e. The second kappa shape index (κ2) is 11.5. The van der Waals surface area contributed by atoms with Crippen LogP contribution < -0.4 is 26.8 Å². The van der Waals surface area contributed by atoms with Gasteiger partial charge in [0.25, 0.3) is 11.8 Å². The van der Waals surface area contributed by atoms with Gasteiger partial charge in [-0.25, -0.2) is 10.6 Å². The second-order valence-corrected chi connectivity index (χ2v) is 8.00. The van der Waals surface area contributed by atoms with E-state index >= 15 is 0 Å². The molecule has 4 amide bonds. The molecule has 3 aromatic carbocycles. The number of carbonyl (C=O) groups is 3. The normalized spacial score (nSPS) is 13.1. The number of nitrogens with two attached hydrogens (primary N) is 1. The lowest BCUT2D eigenvalue weighted by Crippen LogP contribution is -2.49. The molecule has 4 rings (SSSR count). The molecular formula is C25H29ClN6O3. The van der Waals surface area contributed by atoms with Crippen LogP contribution in [0.3, 0.4) is 0 Å². The number of hydrogen-bond donors (Lipinski definition) is 4. The van der Waals surface area contributed by atoms with Crippen LogP contribution in [0.2, 0.25) is 0 Å². The average Bonchev–Trinajstić information content (AvgIpc) is 2.88. The monoisotopic (exact) mass is 496 g/mol. The molecule has 3 aromatic rings. The Morgan fingerprint density at radius 3 is 2.37 bits per heavy atom. The van der Waals surface area contributed by atoms with Gasteiger partial charge in [-0.2, -0.15) is 0 Å². The summed E-state index contributed by atoms with van der Waals surface area (Å²) in [5.74, 6) is 4.87. The number of anilines is 2. The van der Waals surface area contributed by atoms with Crippen molar-refractivity contribution in [3.05, 3.63) is 71.8 Å². The zero-order valence-corrected chi connectivity index (χ0v) is 20.2. The third kappa shape index (κ3) is 5.64. The number of fused-ring (bicyclic) bond motifs is 1. The van der Waals surface area contributed by atoms with Crippen LogP contribution in [0.4, 0.5) is 16.2 Å². The maximum Gasteiger partial charge on any atom is 0.319 e. The largest absolute Gasteiger partial charge is 0.366 e. The lowest BCUT2D eigenvalue weighted by Gasteiger charge is -2.37. The molecular weight excluding hydrogens is 468 g/mol. The summed E-state index contributed by atoms with van der Waals surface area (Å²) in [7, 11) is 0. The molecule has 0 radical (unpaired) electrons. The maximum absolute atomic E-state index is 13.3. The summed E-state index contributed by atoms with van der Waals surface area (Å²) < 4.78 is 0. The Labute approximate surface area is 210 Å². The fourth-order valence-corrected chi connectivity index (χ4v) is 4.18. The molecule has 0 bridgehead atoms. The van der Waals surface area contributed by atoms with Crippen LogP contribution in [0.1, 0.15) is 27.6 Å². The first-order chi connectivity index (χ1) is 16.5. The van der Waals surface area contributed by atoms with E-state index in [0.717, 1.165) is 10.8 Å². The van der Waals surface area contributed by atoms with Crippen molar-refractivity contribution in [1.29, 1.82) is 0 Å². The first kappa shape index (κ1) is 25.8. The predicted molar refractivity (Wildman–Crippen MR) is 140 cm³/mol. The molecule has 35 heavy (non-hydrogen) atoms. The quantitative estimate of drug-likeness (QED) is 0.246. The highest BCUT2D eigenvalue weighted by atomic mass is 35.5. The van der Waals surface area contributed by atoms with Crippen LogP contribution in [0.15, 0.2) is 60.7 Å². The van der Waals surface area contributed by atoms with Gasteiger partial charge in [-0.1, -0.05) is 36.4 Å². The highest BCUT2D eigenvalue weighted by Crippen LogP contribution is 2.29. The third-order valence-electron chi connectivity index (χ3n) is 5.90. The number of nitrogen functional groups attached to an aromatic ring is 1. The number of urea groups is 1. The minimum absolute atomic E-state index is 0. The maximum atomic E-state index is 13.3. The van der Waals surface area contributed by atoms with Crippen molar-refractivity contribution in [1.82, 2.24) is 15.6 Å². The molecule has 184 valence electrons. The number of nitrogens with one attached hydrogen (secondary N) is 3. The Morgan fingerprint density at radius 2 is 1.66 bits per heavy atom. The third-order valence-corrected chi connectivity index (χ3v) is 5.90. The van der Waals surface area contributed by atoms with Gasteiger partial charge < -0.3 is 20.4 Å². The van der Waals surface area contributed by atoms with E-state index in [0.29, 0.717) is 55.2 Å². The van der Waals surface area contributed by atoms with Gasteiger partial charge in [-0.05, 0) is 42.0 Å². The summed E-state index contributed by atoms with van der Waals surface area (Å²) in [5.41, 5.74) is 4.48. The van der Waals surface area contributed by atoms with E-state index < -0.39 is 5.91 Å². The molecule has 0 saturated carbocycles. The number of halogens is 1. The summed E-state index contributed by atoms with van der Waals surface area (Å²) in [4.78, 5) is 41.4. The van der Waals surface area contributed by atoms with E-state index in [2.05, 4.69) is 21.0 Å². The summed E-state index contributed by atoms with van der Waals surface area (Å²) >= 11 is 0. The number of hydrazine groups is 1. The average molecular weight is 497 g/mol. The van der Waals surface area contributed by atoms with Gasteiger partial charge in [0.05, 0.1) is 11.4 Å². The van der Waals surface area contributed by atoms with Gasteiger partial charge in [0.15, 0.2) is 0 Å². The second-order valence-electron chi connectivity index (χ2n) is 8.00. The SMILES string of the molecule is CCNC(=O)Nc1ccc(C(=O)NN)cc1N1CCN(C(=O)c2cccc3ccccc23)CC1.Cl. The van der Waals surface area contributed by atoms with Crippen LogP contribution in [0, 0.1) is 0 Å². The van der Waals surface area contributed by atoms with Crippen LogP contribution >= 0.6 is 12.4 Å². The topological polar surface area (TPSA) is 120 Å². The van der Waals surface area contributed by atoms with E-state index in [9.17, 15) is 14.4 Å². The molecule has 1 fully saturated rings. The molecule has 1 saturated heterocycles. The van der Waals surface area contributed by atoms with E-state index in [4.69, 9.17) is 5.84 Å². The number of carbonyl (C=O) groups excluding carboxylic acids is 3. The van der Waals surface area contributed by atoms with Crippen molar-refractivity contribution >= 4 is 52.4 Å². The van der Waals surface area contributed by atoms with Crippen LogP contribution in [-0.4, -0.2) is 55.5 Å². The van der Waals surface area contributed by atoms with Crippen molar-refractivity contribution in [2.75, 3.05) is 42.9 Å². The van der Waals surface area contributed by atoms with Crippen molar-refractivity contribution < 1.29 is 14.4 Å². The Kier molecular flexibility index (Phi) is 8.51. The van der Waals surface area contributed by atoms with Crippen LogP contribution in [0.5, 0.6) is 0 Å². The Hall–Kier alpha value is -3.82. The van der Waals surface area contributed by atoms with Gasteiger partial charge >= 0.3 is 6.03 Å². The van der Waals surface area contributed by atoms with E-state index in [-0.39, 0.29) is 24.3 Å². The molecule has 0 unspecified atom stereocenters. The lowest BCUT2D eigenvalue weighted by molar-refractivity contribution is 0.0748. The first-order valence-electron chi connectivity index (χ1n) is 11.2. The number of hydrogen-bond acceptors (Lipinski definition) is 5. The standard InChI is InChI=1S/C25H28N6O3.ClH/c1-2-27-25(34)28-21-11-10-18(23(32)29-26)16-22(21)30-12-14-31(15-13-30)24(33)20-9-5-7-17-6-3-4-8-19(17)20;/h3-11,16H,2,12-15,26H2,1H3,(H,29,32)(H2,27,28,34);1H. The molecule has 5 N–H and O–H groups in total. The number of benzene rings is 3. The van der Waals surface area contributed by atoms with E-state index in [1.165, 1.54) is 0 Å². The van der Waals surface area contributed by atoms with Gasteiger partial charge in [0.2, 0.25) is 0 Å². The van der Waals surface area contributed by atoms with Crippen LogP contribution in [0.25, 0.3) is 10.8 Å². The van der Waals surface area contributed by atoms with Gasteiger partial charge in [0, 0.05) is 43.9 Å². The Morgan fingerprint density at radius 1 is 0.943 bits per heavy atom. The number of amides is 4.